The predicted octanol–water partition coefficient (Wildman–Crippen LogP) is 5.00. The van der Waals surface area contributed by atoms with Crippen LogP contribution >= 0.6 is 0 Å². The lowest BCUT2D eigenvalue weighted by Crippen LogP contribution is -2.31. The summed E-state index contributed by atoms with van der Waals surface area (Å²) in [7, 11) is 4.52. The number of rotatable bonds is 9. The van der Waals surface area contributed by atoms with Crippen LogP contribution in [0.5, 0.6) is 17.2 Å². The molecule has 0 saturated heterocycles. The van der Waals surface area contributed by atoms with Gasteiger partial charge in [0.2, 0.25) is 5.75 Å². The summed E-state index contributed by atoms with van der Waals surface area (Å²) in [6, 6.07) is 20.1. The number of hydrogen-bond donors (Lipinski definition) is 1. The Balaban J connectivity index is 1.57. The molecule has 5 rings (SSSR count). The first-order chi connectivity index (χ1) is 18.9. The van der Waals surface area contributed by atoms with Crippen LogP contribution in [0.25, 0.3) is 33.6 Å². The molecule has 0 aliphatic heterocycles. The van der Waals surface area contributed by atoms with Crippen LogP contribution in [0.15, 0.2) is 82.0 Å². The number of nitro groups is 1. The molecular formula is C28H24N4O7. The summed E-state index contributed by atoms with van der Waals surface area (Å²) < 4.78 is 23.7. The zero-order valence-corrected chi connectivity index (χ0v) is 21.3. The van der Waals surface area contributed by atoms with Crippen LogP contribution in [0.2, 0.25) is 0 Å². The lowest BCUT2D eigenvalue weighted by atomic mass is 10.1. The molecule has 0 bridgehead atoms. The molecule has 0 spiro atoms. The van der Waals surface area contributed by atoms with Crippen molar-refractivity contribution >= 4 is 16.6 Å². The molecule has 0 amide bonds. The molecule has 3 aromatic carbocycles. The number of aromatic nitrogens is 2. The van der Waals surface area contributed by atoms with Gasteiger partial charge >= 0.3 is 0 Å². The van der Waals surface area contributed by atoms with Crippen LogP contribution in [0.1, 0.15) is 5.76 Å². The molecule has 0 aliphatic rings. The minimum atomic E-state index is -0.459. The molecule has 11 nitrogen and oxygen atoms in total. The summed E-state index contributed by atoms with van der Waals surface area (Å²) in [5.41, 5.74) is 4.12. The summed E-state index contributed by atoms with van der Waals surface area (Å²) >= 11 is 0. The van der Waals surface area contributed by atoms with Gasteiger partial charge in [-0.25, -0.2) is 9.66 Å². The van der Waals surface area contributed by atoms with Gasteiger partial charge in [-0.05, 0) is 42.5 Å². The third-order valence-electron chi connectivity index (χ3n) is 6.14. The fraction of sp³-hybridized carbons (Fsp3) is 0.143. The van der Waals surface area contributed by atoms with E-state index in [2.05, 4.69) is 5.43 Å². The van der Waals surface area contributed by atoms with Crippen molar-refractivity contribution in [3.63, 3.8) is 0 Å². The van der Waals surface area contributed by atoms with Gasteiger partial charge in [0.1, 0.15) is 11.5 Å². The van der Waals surface area contributed by atoms with Crippen molar-refractivity contribution in [1.82, 2.24) is 9.66 Å². The molecule has 198 valence electrons. The highest BCUT2D eigenvalue weighted by atomic mass is 16.6. The second-order valence-electron chi connectivity index (χ2n) is 8.38. The van der Waals surface area contributed by atoms with E-state index in [4.69, 9.17) is 23.6 Å². The maximum absolute atomic E-state index is 13.6. The average Bonchev–Trinajstić information content (AvgIpc) is 3.44. The number of hydrogen-bond acceptors (Lipinski definition) is 9. The SMILES string of the molecule is COc1cc(-c2nc3ccccc3c(=O)n2NCc2ccc(-c3ccccc3[N+](=O)[O-])o2)cc(OC)c1OC. The number of nitro benzene ring substituents is 1. The highest BCUT2D eigenvalue weighted by Gasteiger charge is 2.20. The number of ether oxygens (including phenoxy) is 3. The lowest BCUT2D eigenvalue weighted by Gasteiger charge is -2.18. The third kappa shape index (κ3) is 4.73. The number of benzene rings is 3. The Hall–Kier alpha value is -5.32. The normalized spacial score (nSPS) is 10.8. The summed E-state index contributed by atoms with van der Waals surface area (Å²) in [5.74, 6) is 2.32. The van der Waals surface area contributed by atoms with Gasteiger partial charge in [0, 0.05) is 11.6 Å². The number of nitrogens with zero attached hydrogens (tertiary/aromatic N) is 3. The monoisotopic (exact) mass is 528 g/mol. The van der Waals surface area contributed by atoms with Gasteiger partial charge in [0.25, 0.3) is 11.2 Å². The fourth-order valence-electron chi connectivity index (χ4n) is 4.30. The van der Waals surface area contributed by atoms with E-state index in [0.717, 1.165) is 0 Å². The molecule has 0 unspecified atom stereocenters. The zero-order chi connectivity index (χ0) is 27.5. The van der Waals surface area contributed by atoms with Gasteiger partial charge in [0.05, 0.1) is 49.3 Å². The standard InChI is InChI=1S/C28H24N4O7/c1-36-24-14-17(15-25(37-2)26(24)38-3)27-30-21-10-6-4-8-19(21)28(33)31(27)29-16-18-12-13-23(39-18)20-9-5-7-11-22(20)32(34)35/h4-15,29H,16H2,1-3H3. The van der Waals surface area contributed by atoms with Gasteiger partial charge < -0.3 is 24.1 Å². The molecule has 0 atom stereocenters. The Morgan fingerprint density at radius 1 is 0.949 bits per heavy atom. The minimum Gasteiger partial charge on any atom is -0.493 e. The molecule has 0 saturated carbocycles. The van der Waals surface area contributed by atoms with Gasteiger partial charge in [-0.2, -0.15) is 0 Å². The molecule has 0 radical (unpaired) electrons. The predicted molar refractivity (Wildman–Crippen MR) is 145 cm³/mol. The van der Waals surface area contributed by atoms with Crippen LogP contribution in [0.4, 0.5) is 5.69 Å². The molecule has 0 fully saturated rings. The number of para-hydroxylation sites is 2. The van der Waals surface area contributed by atoms with Gasteiger partial charge in [-0.3, -0.25) is 14.9 Å². The molecule has 39 heavy (non-hydrogen) atoms. The quantitative estimate of drug-likeness (QED) is 0.207. The van der Waals surface area contributed by atoms with Crippen molar-refractivity contribution in [3.8, 4) is 40.0 Å². The van der Waals surface area contributed by atoms with Crippen LogP contribution in [0, 0.1) is 10.1 Å². The van der Waals surface area contributed by atoms with Crippen molar-refractivity contribution in [3.05, 3.63) is 99.0 Å². The molecule has 2 heterocycles. The van der Waals surface area contributed by atoms with Gasteiger partial charge in [-0.1, -0.05) is 24.3 Å². The number of nitrogens with one attached hydrogen (secondary N) is 1. The highest BCUT2D eigenvalue weighted by Crippen LogP contribution is 2.40. The van der Waals surface area contributed by atoms with Crippen molar-refractivity contribution < 1.29 is 23.6 Å². The lowest BCUT2D eigenvalue weighted by molar-refractivity contribution is -0.384. The van der Waals surface area contributed by atoms with Crippen molar-refractivity contribution in [1.29, 1.82) is 0 Å². The van der Waals surface area contributed by atoms with E-state index in [1.807, 2.05) is 0 Å². The second kappa shape index (κ2) is 10.6. The van der Waals surface area contributed by atoms with Crippen molar-refractivity contribution in [2.24, 2.45) is 0 Å². The van der Waals surface area contributed by atoms with Crippen molar-refractivity contribution in [2.45, 2.75) is 6.54 Å². The number of methoxy groups -OCH3 is 3. The molecule has 5 aromatic rings. The molecule has 1 N–H and O–H groups in total. The maximum atomic E-state index is 13.6. The summed E-state index contributed by atoms with van der Waals surface area (Å²) in [5, 5.41) is 11.9. The first kappa shape index (κ1) is 25.3. The van der Waals surface area contributed by atoms with Crippen LogP contribution in [-0.4, -0.2) is 35.9 Å². The van der Waals surface area contributed by atoms with Crippen LogP contribution in [0.3, 0.4) is 0 Å². The molecule has 2 aromatic heterocycles. The van der Waals surface area contributed by atoms with E-state index in [-0.39, 0.29) is 17.8 Å². The summed E-state index contributed by atoms with van der Waals surface area (Å²) in [4.78, 5) is 29.3. The summed E-state index contributed by atoms with van der Waals surface area (Å²) in [6.45, 7) is 0.0952. The van der Waals surface area contributed by atoms with Crippen LogP contribution in [-0.2, 0) is 6.54 Å². The molecule has 0 aliphatic carbocycles. The smallest absolute Gasteiger partial charge is 0.280 e. The Morgan fingerprint density at radius 2 is 1.64 bits per heavy atom. The maximum Gasteiger partial charge on any atom is 0.280 e. The Bertz CT molecular complexity index is 1720. The first-order valence-electron chi connectivity index (χ1n) is 11.8. The Morgan fingerprint density at radius 3 is 2.33 bits per heavy atom. The van der Waals surface area contributed by atoms with Crippen molar-refractivity contribution in [2.75, 3.05) is 26.8 Å². The summed E-state index contributed by atoms with van der Waals surface area (Å²) in [6.07, 6.45) is 0. The van der Waals surface area contributed by atoms with E-state index in [1.54, 1.807) is 66.7 Å². The first-order valence-corrected chi connectivity index (χ1v) is 11.8. The Labute approximate surface area is 222 Å². The third-order valence-corrected chi connectivity index (χ3v) is 6.14. The van der Waals surface area contributed by atoms with Gasteiger partial charge in [-0.15, -0.1) is 0 Å². The van der Waals surface area contributed by atoms with E-state index in [0.29, 0.717) is 56.6 Å². The van der Waals surface area contributed by atoms with E-state index in [9.17, 15) is 14.9 Å². The number of furan rings is 1. The highest BCUT2D eigenvalue weighted by molar-refractivity contribution is 5.80. The van der Waals surface area contributed by atoms with Gasteiger partial charge in [0.15, 0.2) is 17.3 Å². The fourth-order valence-corrected chi connectivity index (χ4v) is 4.30. The second-order valence-corrected chi connectivity index (χ2v) is 8.38. The zero-order valence-electron chi connectivity index (χ0n) is 21.3. The molecule has 11 heteroatoms. The molecular weight excluding hydrogens is 504 g/mol. The van der Waals surface area contributed by atoms with Crippen LogP contribution < -0.4 is 25.2 Å². The topological polar surface area (TPSA) is 131 Å². The van der Waals surface area contributed by atoms with E-state index < -0.39 is 4.92 Å². The number of fused-ring (bicyclic) bond motifs is 1. The minimum absolute atomic E-state index is 0.0639. The largest absolute Gasteiger partial charge is 0.493 e. The van der Waals surface area contributed by atoms with E-state index in [1.165, 1.54) is 32.1 Å². The van der Waals surface area contributed by atoms with E-state index >= 15 is 0 Å². The Kier molecular flexibility index (Phi) is 6.87. The average molecular weight is 529 g/mol.